The molecule has 1 amide bonds. The number of hydrogen-bond acceptors (Lipinski definition) is 8. The van der Waals surface area contributed by atoms with Gasteiger partial charge in [0, 0.05) is 32.6 Å². The van der Waals surface area contributed by atoms with Crippen molar-refractivity contribution in [2.24, 2.45) is 0 Å². The van der Waals surface area contributed by atoms with Gasteiger partial charge in [-0.3, -0.25) is 4.79 Å². The molecule has 0 spiro atoms. The summed E-state index contributed by atoms with van der Waals surface area (Å²) in [5.74, 6) is -16.1. The van der Waals surface area contributed by atoms with Crippen molar-refractivity contribution in [1.82, 2.24) is 10.2 Å². The van der Waals surface area contributed by atoms with Gasteiger partial charge in [-0.15, -0.1) is 0 Å². The smallest absolute Gasteiger partial charge is 0.466 e. The zero-order valence-electron chi connectivity index (χ0n) is 17.1. The van der Waals surface area contributed by atoms with Gasteiger partial charge < -0.3 is 24.2 Å². The molecule has 1 heterocycles. The molecule has 1 atom stereocenters. The fourth-order valence-electron chi connectivity index (χ4n) is 2.65. The summed E-state index contributed by atoms with van der Waals surface area (Å²) in [4.78, 5) is 24.7. The van der Waals surface area contributed by atoms with Crippen LogP contribution in [0.15, 0.2) is 12.4 Å². The Morgan fingerprint density at radius 2 is 1.56 bits per heavy atom. The number of nitrogens with one attached hydrogen (secondary N) is 1. The lowest BCUT2D eigenvalue weighted by molar-refractivity contribution is -0.351. The fourth-order valence-corrected chi connectivity index (χ4v) is 3.12. The number of piperazine rings is 1. The van der Waals surface area contributed by atoms with Crippen molar-refractivity contribution in [2.75, 3.05) is 32.8 Å². The van der Waals surface area contributed by atoms with Gasteiger partial charge in [-0.05, 0) is 12.8 Å². The first kappa shape index (κ1) is 30.0. The van der Waals surface area contributed by atoms with Crippen LogP contribution in [0.4, 0.5) is 35.1 Å². The first-order chi connectivity index (χ1) is 15.3. The number of halogens is 8. The summed E-state index contributed by atoms with van der Waals surface area (Å²) in [6.07, 6.45) is -9.81. The Balaban J connectivity index is 3.05. The Morgan fingerprint density at radius 3 is 2.00 bits per heavy atom. The van der Waals surface area contributed by atoms with Gasteiger partial charge in [-0.2, -0.15) is 35.1 Å². The minimum atomic E-state index is -6.76. The van der Waals surface area contributed by atoms with E-state index in [4.69, 9.17) is 0 Å². The third-order valence-electron chi connectivity index (χ3n) is 4.45. The predicted octanol–water partition coefficient (Wildman–Crippen LogP) is 1.66. The van der Waals surface area contributed by atoms with E-state index in [0.717, 1.165) is 0 Å². The highest BCUT2D eigenvalue weighted by Crippen LogP contribution is 2.42. The average molecular weight is 535 g/mol. The first-order valence-corrected chi connectivity index (χ1v) is 10.7. The van der Waals surface area contributed by atoms with Gasteiger partial charge in [-0.25, -0.2) is 13.2 Å². The number of carbonyl (C=O) groups excluding carboxylic acids is 2. The Morgan fingerprint density at radius 1 is 1.03 bits per heavy atom. The molecule has 0 aromatic rings. The van der Waals surface area contributed by atoms with Gasteiger partial charge in [0.1, 0.15) is 0 Å². The lowest BCUT2D eigenvalue weighted by atomic mass is 10.1. The van der Waals surface area contributed by atoms with E-state index in [1.807, 2.05) is 0 Å². The predicted molar refractivity (Wildman–Crippen MR) is 94.0 cm³/mol. The van der Waals surface area contributed by atoms with Crippen molar-refractivity contribution in [3.63, 3.8) is 0 Å². The SMILES string of the molecule is C=C(F)C(=O)OC(OCCCCC(F)(F)C(F)(F)S(=O)(=O)[O-])(C(=O)N1CCNCC1)C(F)(F)F. The lowest BCUT2D eigenvalue weighted by Gasteiger charge is -2.38. The van der Waals surface area contributed by atoms with Gasteiger partial charge in [0.15, 0.2) is 10.1 Å². The second-order valence-electron chi connectivity index (χ2n) is 6.93. The molecule has 1 N–H and O–H groups in total. The van der Waals surface area contributed by atoms with Crippen LogP contribution in [0, 0.1) is 0 Å². The number of unbranched alkanes of at least 4 members (excludes halogenated alkanes) is 1. The van der Waals surface area contributed by atoms with Gasteiger partial charge >= 0.3 is 35.0 Å². The van der Waals surface area contributed by atoms with E-state index in [-0.39, 0.29) is 26.2 Å². The molecular weight excluding hydrogens is 516 g/mol. The topological polar surface area (TPSA) is 125 Å². The number of amides is 1. The van der Waals surface area contributed by atoms with Crippen LogP contribution < -0.4 is 5.32 Å². The average Bonchev–Trinajstić information content (AvgIpc) is 2.70. The minimum Gasteiger partial charge on any atom is -0.743 e. The minimum absolute atomic E-state index is 0.0371. The first-order valence-electron chi connectivity index (χ1n) is 9.30. The van der Waals surface area contributed by atoms with Crippen LogP contribution >= 0.6 is 0 Å². The van der Waals surface area contributed by atoms with Crippen LogP contribution in [0.1, 0.15) is 19.3 Å². The van der Waals surface area contributed by atoms with Crippen molar-refractivity contribution in [3.8, 4) is 0 Å². The molecule has 0 radical (unpaired) electrons. The van der Waals surface area contributed by atoms with Crippen LogP contribution in [0.2, 0.25) is 0 Å². The van der Waals surface area contributed by atoms with E-state index in [1.54, 1.807) is 0 Å². The van der Waals surface area contributed by atoms with Crippen molar-refractivity contribution >= 4 is 22.0 Å². The van der Waals surface area contributed by atoms with E-state index in [2.05, 4.69) is 21.4 Å². The third kappa shape index (κ3) is 6.54. The van der Waals surface area contributed by atoms with Gasteiger partial charge in [0.25, 0.3) is 0 Å². The molecule has 1 saturated heterocycles. The molecule has 9 nitrogen and oxygen atoms in total. The summed E-state index contributed by atoms with van der Waals surface area (Å²) in [6, 6.07) is 0. The highest BCUT2D eigenvalue weighted by Gasteiger charge is 2.67. The number of esters is 1. The molecule has 1 fully saturated rings. The zero-order chi connectivity index (χ0) is 26.6. The van der Waals surface area contributed by atoms with Crippen LogP contribution in [0.25, 0.3) is 0 Å². The van der Waals surface area contributed by atoms with Crippen LogP contribution in [-0.2, 0) is 29.2 Å². The van der Waals surface area contributed by atoms with Crippen molar-refractivity contribution < 1.29 is 67.2 Å². The number of rotatable bonds is 11. The maximum absolute atomic E-state index is 13.9. The molecule has 1 unspecified atom stereocenters. The molecule has 1 rings (SSSR count). The van der Waals surface area contributed by atoms with E-state index < -0.39 is 76.8 Å². The normalized spacial score (nSPS) is 17.7. The molecule has 1 aliphatic rings. The summed E-state index contributed by atoms with van der Waals surface area (Å²) in [6.45, 7) is 0.596. The van der Waals surface area contributed by atoms with E-state index in [0.29, 0.717) is 4.90 Å². The van der Waals surface area contributed by atoms with E-state index >= 15 is 0 Å². The third-order valence-corrected chi connectivity index (χ3v) is 5.37. The molecule has 1 aliphatic heterocycles. The van der Waals surface area contributed by atoms with E-state index in [9.17, 15) is 57.7 Å². The summed E-state index contributed by atoms with van der Waals surface area (Å²) in [7, 11) is -6.76. The molecule has 0 saturated carbocycles. The lowest BCUT2D eigenvalue weighted by Crippen LogP contribution is -2.64. The number of carbonyl (C=O) groups is 2. The highest BCUT2D eigenvalue weighted by molar-refractivity contribution is 7.86. The molecule has 0 aromatic heterocycles. The maximum atomic E-state index is 13.9. The molecule has 18 heteroatoms. The molecule has 0 aliphatic carbocycles. The second kappa shape index (κ2) is 10.7. The number of ether oxygens (including phenoxy) is 2. The number of alkyl halides is 7. The Hall–Kier alpha value is -2.05. The fraction of sp³-hybridized carbons (Fsp3) is 0.750. The maximum Gasteiger partial charge on any atom is 0.466 e. The van der Waals surface area contributed by atoms with Crippen molar-refractivity contribution in [1.29, 1.82) is 0 Å². The summed E-state index contributed by atoms with van der Waals surface area (Å²) < 4.78 is 147. The number of hydrogen-bond donors (Lipinski definition) is 1. The quantitative estimate of drug-likeness (QED) is 0.106. The van der Waals surface area contributed by atoms with Crippen molar-refractivity contribution in [2.45, 2.75) is 42.4 Å². The summed E-state index contributed by atoms with van der Waals surface area (Å²) in [5.41, 5.74) is 0. The van der Waals surface area contributed by atoms with Gasteiger partial charge in [0.2, 0.25) is 5.83 Å². The molecule has 0 bridgehead atoms. The van der Waals surface area contributed by atoms with Crippen LogP contribution in [-0.4, -0.2) is 85.7 Å². The largest absolute Gasteiger partial charge is 0.743 e. The van der Waals surface area contributed by atoms with Gasteiger partial charge in [-0.1, -0.05) is 6.58 Å². The summed E-state index contributed by atoms with van der Waals surface area (Å²) in [5, 5.41) is -3.27. The molecule has 0 aromatic carbocycles. The monoisotopic (exact) mass is 535 g/mol. The number of nitrogens with zero attached hydrogens (tertiary/aromatic N) is 1. The molecule has 198 valence electrons. The van der Waals surface area contributed by atoms with Gasteiger partial charge in [0.05, 0.1) is 6.61 Å². The Labute approximate surface area is 187 Å². The Bertz CT molecular complexity index is 875. The van der Waals surface area contributed by atoms with Crippen LogP contribution in [0.3, 0.4) is 0 Å². The Kier molecular flexibility index (Phi) is 9.43. The molecular formula is C16H19F8N2O7S-. The zero-order valence-corrected chi connectivity index (χ0v) is 17.9. The second-order valence-corrected chi connectivity index (χ2v) is 8.35. The van der Waals surface area contributed by atoms with Crippen molar-refractivity contribution in [3.05, 3.63) is 12.4 Å². The standard InChI is InChI=1S/C16H20F8N2O7S/c1-10(17)11(27)33-14(15(20,21)22,12(28)26-7-5-25-6-8-26)32-9-3-2-4-13(18,19)16(23,24)34(29,30)31/h25H,1-9H2,(H,29,30,31)/p-1. The summed E-state index contributed by atoms with van der Waals surface area (Å²) >= 11 is 0. The molecule has 34 heavy (non-hydrogen) atoms. The highest BCUT2D eigenvalue weighted by atomic mass is 32.2. The van der Waals surface area contributed by atoms with E-state index in [1.165, 1.54) is 0 Å². The van der Waals surface area contributed by atoms with Crippen LogP contribution in [0.5, 0.6) is 0 Å².